The van der Waals surface area contributed by atoms with Gasteiger partial charge in [-0.25, -0.2) is 4.79 Å². The number of esters is 1. The summed E-state index contributed by atoms with van der Waals surface area (Å²) in [5, 5.41) is 20.9. The fourth-order valence-corrected chi connectivity index (χ4v) is 2.07. The van der Waals surface area contributed by atoms with Crippen LogP contribution in [-0.2, 0) is 4.74 Å². The number of non-ortho nitro benzene ring substituents is 1. The Balaban J connectivity index is 1.94. The largest absolute Gasteiger partial charge is 0.431 e. The van der Waals surface area contributed by atoms with Gasteiger partial charge in [0.05, 0.1) is 22.9 Å². The predicted octanol–water partition coefficient (Wildman–Crippen LogP) is 3.64. The van der Waals surface area contributed by atoms with Crippen molar-refractivity contribution in [2.75, 3.05) is 0 Å². The average Bonchev–Trinajstić information content (AvgIpc) is 2.61. The average molecular weight is 327 g/mol. The number of ether oxygens (including phenoxy) is 1. The van der Waals surface area contributed by atoms with Crippen molar-refractivity contribution in [2.45, 2.75) is 13.0 Å². The fraction of sp³-hybridized carbons (Fsp3) is 0.167. The third-order valence-corrected chi connectivity index (χ3v) is 3.51. The number of carbonyl (C=O) groups excluding carboxylic acids is 1. The molecule has 0 unspecified atom stereocenters. The predicted molar refractivity (Wildman–Crippen MR) is 88.2 cm³/mol. The van der Waals surface area contributed by atoms with Crippen LogP contribution in [0, 0.1) is 16.0 Å². The molecule has 1 N–H and O–H groups in total. The molecule has 124 valence electrons. The molecule has 0 saturated heterocycles. The molecule has 0 radical (unpaired) electrons. The lowest BCUT2D eigenvalue weighted by molar-refractivity contribution is -0.384. The zero-order valence-corrected chi connectivity index (χ0v) is 13.0. The Morgan fingerprint density at radius 2 is 1.79 bits per heavy atom. The maximum atomic E-state index is 11.8. The van der Waals surface area contributed by atoms with E-state index < -0.39 is 17.0 Å². The van der Waals surface area contributed by atoms with Gasteiger partial charge in [0.2, 0.25) is 0 Å². The third-order valence-electron chi connectivity index (χ3n) is 3.51. The minimum absolute atomic E-state index is 0.0362. The minimum atomic E-state index is -0.863. The van der Waals surface area contributed by atoms with Crippen molar-refractivity contribution in [3.63, 3.8) is 0 Å². The molecule has 0 aliphatic heterocycles. The Hall–Kier alpha value is -2.99. The second kappa shape index (κ2) is 8.03. The fourth-order valence-electron chi connectivity index (χ4n) is 2.07. The van der Waals surface area contributed by atoms with Crippen LogP contribution >= 0.6 is 0 Å². The topological polar surface area (TPSA) is 89.7 Å². The van der Waals surface area contributed by atoms with E-state index in [0.29, 0.717) is 11.1 Å². The Bertz CT molecular complexity index is 725. The molecule has 2 aromatic rings. The summed E-state index contributed by atoms with van der Waals surface area (Å²) in [6, 6.07) is 14.2. The quantitative estimate of drug-likeness (QED) is 0.379. The molecule has 24 heavy (non-hydrogen) atoms. The Morgan fingerprint density at radius 1 is 1.17 bits per heavy atom. The van der Waals surface area contributed by atoms with Gasteiger partial charge in [-0.15, -0.1) is 0 Å². The third kappa shape index (κ3) is 4.50. The van der Waals surface area contributed by atoms with E-state index in [2.05, 4.69) is 0 Å². The van der Waals surface area contributed by atoms with Gasteiger partial charge in [0.1, 0.15) is 0 Å². The Morgan fingerprint density at radius 3 is 2.38 bits per heavy atom. The van der Waals surface area contributed by atoms with Gasteiger partial charge in [0.15, 0.2) is 0 Å². The number of aliphatic hydroxyl groups is 1. The monoisotopic (exact) mass is 327 g/mol. The molecule has 0 heterocycles. The van der Waals surface area contributed by atoms with Gasteiger partial charge in [-0.05, 0) is 35.9 Å². The van der Waals surface area contributed by atoms with E-state index in [1.54, 1.807) is 43.3 Å². The number of carbonyl (C=O) groups is 1. The summed E-state index contributed by atoms with van der Waals surface area (Å²) in [7, 11) is 0. The molecule has 2 atom stereocenters. The van der Waals surface area contributed by atoms with Crippen molar-refractivity contribution in [3.8, 4) is 0 Å². The Kier molecular flexibility index (Phi) is 5.81. The van der Waals surface area contributed by atoms with E-state index in [1.165, 1.54) is 30.5 Å². The lowest BCUT2D eigenvalue weighted by Crippen LogP contribution is -2.07. The van der Waals surface area contributed by atoms with E-state index in [4.69, 9.17) is 4.74 Å². The van der Waals surface area contributed by atoms with Gasteiger partial charge in [-0.1, -0.05) is 25.1 Å². The molecule has 2 rings (SSSR count). The summed E-state index contributed by atoms with van der Waals surface area (Å²) in [4.78, 5) is 21.9. The molecule has 0 aliphatic carbocycles. The van der Waals surface area contributed by atoms with Crippen molar-refractivity contribution in [3.05, 3.63) is 88.2 Å². The molecular formula is C18H17NO5. The van der Waals surface area contributed by atoms with Crippen LogP contribution in [-0.4, -0.2) is 16.0 Å². The summed E-state index contributed by atoms with van der Waals surface area (Å²) < 4.78 is 5.02. The first kappa shape index (κ1) is 17.4. The van der Waals surface area contributed by atoms with Crippen LogP contribution in [0.25, 0.3) is 0 Å². The summed E-state index contributed by atoms with van der Waals surface area (Å²) >= 11 is 0. The molecule has 6 heteroatoms. The standard InChI is InChI=1S/C18H17NO5/c1-13(11-12-24-18(21)15-5-3-2-4-6-15)17(20)14-7-9-16(10-8-14)19(22)23/h2-13,17,20H,1H3/b12-11-/t13-,17+/m0/s1. The van der Waals surface area contributed by atoms with Crippen molar-refractivity contribution < 1.29 is 19.6 Å². The zero-order chi connectivity index (χ0) is 17.5. The lowest BCUT2D eigenvalue weighted by atomic mass is 9.97. The summed E-state index contributed by atoms with van der Waals surface area (Å²) in [5.74, 6) is -0.820. The molecule has 6 nitrogen and oxygen atoms in total. The van der Waals surface area contributed by atoms with Crippen LogP contribution in [0.15, 0.2) is 66.9 Å². The first-order valence-electron chi connectivity index (χ1n) is 7.34. The van der Waals surface area contributed by atoms with E-state index in [1.807, 2.05) is 0 Å². The second-order valence-electron chi connectivity index (χ2n) is 5.25. The number of rotatable bonds is 6. The van der Waals surface area contributed by atoms with E-state index in [-0.39, 0.29) is 11.6 Å². The maximum Gasteiger partial charge on any atom is 0.342 e. The van der Waals surface area contributed by atoms with Gasteiger partial charge in [-0.2, -0.15) is 0 Å². The van der Waals surface area contributed by atoms with Crippen molar-refractivity contribution in [2.24, 2.45) is 5.92 Å². The van der Waals surface area contributed by atoms with Gasteiger partial charge in [0, 0.05) is 18.1 Å². The second-order valence-corrected chi connectivity index (χ2v) is 5.25. The van der Waals surface area contributed by atoms with Crippen molar-refractivity contribution in [1.29, 1.82) is 0 Å². The molecule has 0 aliphatic rings. The highest BCUT2D eigenvalue weighted by molar-refractivity contribution is 5.89. The van der Waals surface area contributed by atoms with Crippen LogP contribution in [0.4, 0.5) is 5.69 Å². The molecule has 0 fully saturated rings. The summed E-state index contributed by atoms with van der Waals surface area (Å²) in [6.07, 6.45) is 1.94. The highest BCUT2D eigenvalue weighted by Crippen LogP contribution is 2.24. The van der Waals surface area contributed by atoms with Gasteiger partial charge in [0.25, 0.3) is 5.69 Å². The first-order chi connectivity index (χ1) is 11.5. The number of nitro benzene ring substituents is 1. The molecule has 0 aromatic heterocycles. The van der Waals surface area contributed by atoms with E-state index >= 15 is 0 Å². The molecule has 0 bridgehead atoms. The lowest BCUT2D eigenvalue weighted by Gasteiger charge is -2.15. The van der Waals surface area contributed by atoms with Crippen molar-refractivity contribution in [1.82, 2.24) is 0 Å². The van der Waals surface area contributed by atoms with Gasteiger partial charge >= 0.3 is 5.97 Å². The van der Waals surface area contributed by atoms with Crippen molar-refractivity contribution >= 4 is 11.7 Å². The number of aliphatic hydroxyl groups excluding tert-OH is 1. The number of hydrogen-bond acceptors (Lipinski definition) is 5. The summed E-state index contributed by atoms with van der Waals surface area (Å²) in [6.45, 7) is 1.75. The molecule has 0 amide bonds. The summed E-state index contributed by atoms with van der Waals surface area (Å²) in [5.41, 5.74) is 0.948. The first-order valence-corrected chi connectivity index (χ1v) is 7.34. The highest BCUT2D eigenvalue weighted by atomic mass is 16.6. The highest BCUT2D eigenvalue weighted by Gasteiger charge is 2.15. The van der Waals surface area contributed by atoms with Gasteiger partial charge in [-0.3, -0.25) is 10.1 Å². The molecular weight excluding hydrogens is 310 g/mol. The van der Waals surface area contributed by atoms with Crippen LogP contribution < -0.4 is 0 Å². The zero-order valence-electron chi connectivity index (χ0n) is 13.0. The molecule has 0 spiro atoms. The number of benzene rings is 2. The van der Waals surface area contributed by atoms with Crippen LogP contribution in [0.1, 0.15) is 28.9 Å². The minimum Gasteiger partial charge on any atom is -0.431 e. The van der Waals surface area contributed by atoms with E-state index in [0.717, 1.165) is 0 Å². The number of nitro groups is 1. The Labute approximate surface area is 139 Å². The smallest absolute Gasteiger partial charge is 0.342 e. The van der Waals surface area contributed by atoms with Crippen LogP contribution in [0.3, 0.4) is 0 Å². The molecule has 2 aromatic carbocycles. The number of hydrogen-bond donors (Lipinski definition) is 1. The maximum absolute atomic E-state index is 11.8. The van der Waals surface area contributed by atoms with Crippen LogP contribution in [0.2, 0.25) is 0 Å². The van der Waals surface area contributed by atoms with E-state index in [9.17, 15) is 20.0 Å². The van der Waals surface area contributed by atoms with Gasteiger partial charge < -0.3 is 9.84 Å². The normalized spacial score (nSPS) is 13.4. The SMILES string of the molecule is C[C@@H](/C=C\OC(=O)c1ccccc1)[C@@H](O)c1ccc([N+](=O)[O-])cc1. The molecule has 0 saturated carbocycles. The van der Waals surface area contributed by atoms with Crippen LogP contribution in [0.5, 0.6) is 0 Å². The number of nitrogens with zero attached hydrogens (tertiary/aromatic N) is 1.